The Hall–Kier alpha value is -1.17. The number of ether oxygens (including phenoxy) is 1. The van der Waals surface area contributed by atoms with Gasteiger partial charge in [-0.3, -0.25) is 9.59 Å². The summed E-state index contributed by atoms with van der Waals surface area (Å²) in [5.41, 5.74) is 0.0866. The third kappa shape index (κ3) is 4.30. The first-order valence-electron chi connectivity index (χ1n) is 5.38. The van der Waals surface area contributed by atoms with E-state index in [9.17, 15) is 9.59 Å². The highest BCUT2D eigenvalue weighted by Gasteiger charge is 2.24. The second kappa shape index (κ2) is 6.54. The Morgan fingerprint density at radius 3 is 2.71 bits per heavy atom. The monoisotopic (exact) mass is 258 g/mol. The molecule has 0 N–H and O–H groups in total. The number of thioether (sulfide) groups is 1. The first-order chi connectivity index (χ1) is 8.04. The summed E-state index contributed by atoms with van der Waals surface area (Å²) in [6.07, 6.45) is 4.22. The van der Waals surface area contributed by atoms with Crippen LogP contribution in [0.4, 0.5) is 0 Å². The standard InChI is InChI=1S/C11H18N2O3S/c1-9(14)8-17-11-12(2)6-7-13(11)5-4-10(15)16-3/h6-7,11H,4-5,8H2,1-3H3. The van der Waals surface area contributed by atoms with E-state index >= 15 is 0 Å². The molecule has 0 saturated heterocycles. The lowest BCUT2D eigenvalue weighted by Gasteiger charge is -2.29. The Balaban J connectivity index is 2.43. The number of carbonyl (C=O) groups is 2. The van der Waals surface area contributed by atoms with Gasteiger partial charge in [-0.2, -0.15) is 0 Å². The molecule has 6 heteroatoms. The minimum absolute atomic E-state index is 0.0866. The highest BCUT2D eigenvalue weighted by atomic mass is 32.2. The van der Waals surface area contributed by atoms with Gasteiger partial charge >= 0.3 is 5.97 Å². The number of ketones is 1. The van der Waals surface area contributed by atoms with E-state index < -0.39 is 0 Å². The van der Waals surface area contributed by atoms with Crippen LogP contribution in [0.1, 0.15) is 13.3 Å². The van der Waals surface area contributed by atoms with Gasteiger partial charge in [0, 0.05) is 26.0 Å². The molecule has 0 radical (unpaired) electrons. The van der Waals surface area contributed by atoms with Crippen molar-refractivity contribution in [1.29, 1.82) is 0 Å². The molecule has 0 amide bonds. The van der Waals surface area contributed by atoms with Gasteiger partial charge in [-0.25, -0.2) is 0 Å². The molecule has 1 aliphatic heterocycles. The van der Waals surface area contributed by atoms with E-state index in [-0.39, 0.29) is 17.3 Å². The van der Waals surface area contributed by atoms with Crippen LogP contribution in [0.25, 0.3) is 0 Å². The summed E-state index contributed by atoms with van der Waals surface area (Å²) in [5.74, 6) is 0.414. The molecule has 0 bridgehead atoms. The van der Waals surface area contributed by atoms with Crippen LogP contribution in [0.2, 0.25) is 0 Å². The van der Waals surface area contributed by atoms with Crippen LogP contribution in [-0.2, 0) is 14.3 Å². The average molecular weight is 258 g/mol. The predicted octanol–water partition coefficient (Wildman–Crippen LogP) is 0.874. The number of methoxy groups -OCH3 is 1. The molecule has 0 spiro atoms. The Bertz CT molecular complexity index is 320. The maximum absolute atomic E-state index is 11.1. The van der Waals surface area contributed by atoms with Crippen LogP contribution in [0.15, 0.2) is 12.4 Å². The summed E-state index contributed by atoms with van der Waals surface area (Å²) in [4.78, 5) is 26.1. The van der Waals surface area contributed by atoms with Crippen molar-refractivity contribution in [3.8, 4) is 0 Å². The van der Waals surface area contributed by atoms with Crippen LogP contribution in [0.3, 0.4) is 0 Å². The zero-order valence-electron chi connectivity index (χ0n) is 10.4. The molecule has 0 aliphatic carbocycles. The zero-order chi connectivity index (χ0) is 12.8. The van der Waals surface area contributed by atoms with E-state index in [4.69, 9.17) is 0 Å². The largest absolute Gasteiger partial charge is 0.469 e. The van der Waals surface area contributed by atoms with Crippen molar-refractivity contribution in [2.24, 2.45) is 0 Å². The molecule has 1 aliphatic rings. The Labute approximate surface area is 106 Å². The van der Waals surface area contributed by atoms with Gasteiger partial charge in [0.2, 0.25) is 0 Å². The molecule has 96 valence electrons. The van der Waals surface area contributed by atoms with Gasteiger partial charge in [0.15, 0.2) is 0 Å². The first-order valence-corrected chi connectivity index (χ1v) is 6.43. The van der Waals surface area contributed by atoms with Crippen LogP contribution < -0.4 is 0 Å². The van der Waals surface area contributed by atoms with Crippen molar-refractivity contribution in [3.05, 3.63) is 12.4 Å². The summed E-state index contributed by atoms with van der Waals surface area (Å²) in [6.45, 7) is 2.18. The summed E-state index contributed by atoms with van der Waals surface area (Å²) in [6, 6.07) is 0. The summed E-state index contributed by atoms with van der Waals surface area (Å²) in [5, 5.41) is 0. The fraction of sp³-hybridized carbons (Fsp3) is 0.636. The van der Waals surface area contributed by atoms with Gasteiger partial charge in [0.1, 0.15) is 11.3 Å². The molecule has 5 nitrogen and oxygen atoms in total. The van der Waals surface area contributed by atoms with Gasteiger partial charge in [-0.05, 0) is 6.92 Å². The number of Topliss-reactive ketones (excluding diaryl/α,β-unsaturated/α-hetero) is 1. The minimum Gasteiger partial charge on any atom is -0.469 e. The highest BCUT2D eigenvalue weighted by molar-refractivity contribution is 8.00. The maximum Gasteiger partial charge on any atom is 0.307 e. The van der Waals surface area contributed by atoms with E-state index in [0.29, 0.717) is 18.7 Å². The number of rotatable bonds is 6. The summed E-state index contributed by atoms with van der Waals surface area (Å²) >= 11 is 1.56. The van der Waals surface area contributed by atoms with Crippen molar-refractivity contribution < 1.29 is 14.3 Å². The molecule has 0 aromatic carbocycles. The van der Waals surface area contributed by atoms with Gasteiger partial charge in [0.25, 0.3) is 0 Å². The van der Waals surface area contributed by atoms with E-state index in [2.05, 4.69) is 4.74 Å². The zero-order valence-corrected chi connectivity index (χ0v) is 11.2. The summed E-state index contributed by atoms with van der Waals surface area (Å²) in [7, 11) is 3.34. The van der Waals surface area contributed by atoms with Gasteiger partial charge in [-0.15, -0.1) is 11.8 Å². The smallest absolute Gasteiger partial charge is 0.307 e. The number of hydrogen-bond acceptors (Lipinski definition) is 6. The van der Waals surface area contributed by atoms with Crippen molar-refractivity contribution in [2.75, 3.05) is 26.5 Å². The fourth-order valence-corrected chi connectivity index (χ4v) is 2.54. The molecule has 1 atom stereocenters. The Morgan fingerprint density at radius 1 is 1.41 bits per heavy atom. The fourth-order valence-electron chi connectivity index (χ4n) is 1.48. The van der Waals surface area contributed by atoms with Crippen molar-refractivity contribution >= 4 is 23.5 Å². The number of hydrogen-bond donors (Lipinski definition) is 0. The van der Waals surface area contributed by atoms with Gasteiger partial charge in [-0.1, -0.05) is 0 Å². The van der Waals surface area contributed by atoms with E-state index in [1.54, 1.807) is 18.7 Å². The summed E-state index contributed by atoms with van der Waals surface area (Å²) < 4.78 is 4.61. The molecule has 17 heavy (non-hydrogen) atoms. The number of esters is 1. The van der Waals surface area contributed by atoms with Crippen molar-refractivity contribution in [3.63, 3.8) is 0 Å². The lowest BCUT2D eigenvalue weighted by atomic mass is 10.4. The van der Waals surface area contributed by atoms with E-state index in [1.165, 1.54) is 7.11 Å². The molecule has 0 aromatic heterocycles. The minimum atomic E-state index is -0.219. The molecular formula is C11H18N2O3S. The average Bonchev–Trinajstić information content (AvgIpc) is 2.64. The third-order valence-corrected chi connectivity index (χ3v) is 3.84. The number of carbonyl (C=O) groups excluding carboxylic acids is 2. The SMILES string of the molecule is COC(=O)CCN1C=CN(C)C1SCC(C)=O. The molecular weight excluding hydrogens is 240 g/mol. The lowest BCUT2D eigenvalue weighted by molar-refractivity contribution is -0.140. The second-order valence-electron chi connectivity index (χ2n) is 3.87. The maximum atomic E-state index is 11.1. The van der Waals surface area contributed by atoms with Gasteiger partial charge < -0.3 is 14.5 Å². The van der Waals surface area contributed by atoms with Crippen molar-refractivity contribution in [1.82, 2.24) is 9.80 Å². The van der Waals surface area contributed by atoms with E-state index in [1.807, 2.05) is 29.2 Å². The third-order valence-electron chi connectivity index (χ3n) is 2.36. The van der Waals surface area contributed by atoms with Crippen molar-refractivity contribution in [2.45, 2.75) is 18.8 Å². The second-order valence-corrected chi connectivity index (χ2v) is 4.91. The lowest BCUT2D eigenvalue weighted by Crippen LogP contribution is -2.35. The molecule has 1 unspecified atom stereocenters. The van der Waals surface area contributed by atoms with Crippen LogP contribution in [0.5, 0.6) is 0 Å². The normalized spacial score (nSPS) is 18.6. The number of nitrogens with zero attached hydrogens (tertiary/aromatic N) is 2. The van der Waals surface area contributed by atoms with Crippen LogP contribution in [-0.4, -0.2) is 53.5 Å². The van der Waals surface area contributed by atoms with Crippen LogP contribution >= 0.6 is 11.8 Å². The molecule has 0 saturated carbocycles. The quantitative estimate of drug-likeness (QED) is 0.659. The van der Waals surface area contributed by atoms with Gasteiger partial charge in [0.05, 0.1) is 19.3 Å². The first kappa shape index (κ1) is 13.9. The Morgan fingerprint density at radius 2 is 2.12 bits per heavy atom. The molecule has 0 aromatic rings. The predicted molar refractivity (Wildman–Crippen MR) is 67.2 cm³/mol. The molecule has 0 fully saturated rings. The van der Waals surface area contributed by atoms with Crippen LogP contribution in [0, 0.1) is 0 Å². The highest BCUT2D eigenvalue weighted by Crippen LogP contribution is 2.24. The van der Waals surface area contributed by atoms with E-state index in [0.717, 1.165) is 0 Å². The Kier molecular flexibility index (Phi) is 5.34. The molecule has 1 heterocycles. The topological polar surface area (TPSA) is 49.9 Å². The molecule has 1 rings (SSSR count).